The van der Waals surface area contributed by atoms with Gasteiger partial charge >= 0.3 is 0 Å². The second-order valence-electron chi connectivity index (χ2n) is 7.42. The summed E-state index contributed by atoms with van der Waals surface area (Å²) in [6, 6.07) is 14.9. The quantitative estimate of drug-likeness (QED) is 0.554. The fraction of sp³-hybridized carbons (Fsp3) is 0.522. The van der Waals surface area contributed by atoms with E-state index in [4.69, 9.17) is 0 Å². The minimum Gasteiger partial charge on any atom is -0.345 e. The third-order valence-electron chi connectivity index (χ3n) is 5.11. The molecule has 0 spiro atoms. The van der Waals surface area contributed by atoms with Crippen LogP contribution in [0.1, 0.15) is 64.6 Å². The molecule has 0 bridgehead atoms. The van der Waals surface area contributed by atoms with E-state index in [0.29, 0.717) is 12.5 Å². The summed E-state index contributed by atoms with van der Waals surface area (Å²) in [5.41, 5.74) is 2.48. The monoisotopic (exact) mass is 354 g/mol. The fourth-order valence-corrected chi connectivity index (χ4v) is 3.40. The molecule has 0 saturated heterocycles. The molecule has 1 heterocycles. The molecule has 3 nitrogen and oxygen atoms in total. The maximum atomic E-state index is 13.1. The van der Waals surface area contributed by atoms with Crippen LogP contribution in [0.3, 0.4) is 0 Å². The van der Waals surface area contributed by atoms with Crippen LogP contribution in [0.25, 0.3) is 0 Å². The van der Waals surface area contributed by atoms with E-state index in [0.717, 1.165) is 32.2 Å². The van der Waals surface area contributed by atoms with Crippen LogP contribution in [0.4, 0.5) is 0 Å². The van der Waals surface area contributed by atoms with Crippen molar-refractivity contribution in [3.63, 3.8) is 0 Å². The van der Waals surface area contributed by atoms with Crippen molar-refractivity contribution in [3.8, 4) is 0 Å². The molecule has 2 aromatic rings. The highest BCUT2D eigenvalue weighted by atomic mass is 16.2. The lowest BCUT2D eigenvalue weighted by atomic mass is 9.97. The summed E-state index contributed by atoms with van der Waals surface area (Å²) in [4.78, 5) is 15.2. The van der Waals surface area contributed by atoms with Crippen LogP contribution in [0.15, 0.2) is 48.7 Å². The van der Waals surface area contributed by atoms with E-state index in [9.17, 15) is 4.79 Å². The van der Waals surface area contributed by atoms with Crippen molar-refractivity contribution in [1.82, 2.24) is 9.47 Å². The van der Waals surface area contributed by atoms with Gasteiger partial charge in [0.1, 0.15) is 0 Å². The van der Waals surface area contributed by atoms with Gasteiger partial charge in [-0.2, -0.15) is 0 Å². The smallest absolute Gasteiger partial charge is 0.226 e. The van der Waals surface area contributed by atoms with Gasteiger partial charge in [0, 0.05) is 30.4 Å². The Morgan fingerprint density at radius 2 is 1.81 bits per heavy atom. The zero-order valence-electron chi connectivity index (χ0n) is 16.8. The lowest BCUT2D eigenvalue weighted by Crippen LogP contribution is -2.40. The van der Waals surface area contributed by atoms with E-state index in [1.807, 2.05) is 6.07 Å². The Kier molecular flexibility index (Phi) is 7.96. The molecule has 1 amide bonds. The number of nitrogens with zero attached hydrogens (tertiary/aromatic N) is 2. The van der Waals surface area contributed by atoms with Gasteiger partial charge in [-0.25, -0.2) is 0 Å². The van der Waals surface area contributed by atoms with E-state index in [1.54, 1.807) is 0 Å². The Morgan fingerprint density at radius 3 is 2.42 bits per heavy atom. The van der Waals surface area contributed by atoms with Crippen molar-refractivity contribution >= 4 is 5.91 Å². The lowest BCUT2D eigenvalue weighted by molar-refractivity contribution is -0.138. The molecule has 26 heavy (non-hydrogen) atoms. The minimum absolute atomic E-state index is 0.148. The molecule has 0 aliphatic rings. The van der Waals surface area contributed by atoms with Gasteiger partial charge in [-0.3, -0.25) is 4.79 Å². The molecule has 0 aliphatic carbocycles. The largest absolute Gasteiger partial charge is 0.345 e. The average Bonchev–Trinajstić information content (AvgIpc) is 3.07. The van der Waals surface area contributed by atoms with Gasteiger partial charge in [0.25, 0.3) is 0 Å². The third-order valence-corrected chi connectivity index (χ3v) is 5.11. The summed E-state index contributed by atoms with van der Waals surface area (Å²) in [6.07, 6.45) is 6.30. The van der Waals surface area contributed by atoms with E-state index in [-0.39, 0.29) is 12.0 Å². The standard InChI is InChI=1S/C23H34N2O/c1-5-7-14-21(6-2)23(26)25(19(3)4)18-22-15-11-16-24(22)17-20-12-9-8-10-13-20/h8-13,15-16,19,21H,5-7,14,17-18H2,1-4H3. The first-order valence-corrected chi connectivity index (χ1v) is 10.0. The summed E-state index contributed by atoms with van der Waals surface area (Å²) in [6.45, 7) is 10.1. The minimum atomic E-state index is 0.148. The Bertz CT molecular complexity index is 660. The highest BCUT2D eigenvalue weighted by molar-refractivity contribution is 5.79. The van der Waals surface area contributed by atoms with Gasteiger partial charge in [0.2, 0.25) is 5.91 Å². The van der Waals surface area contributed by atoms with Crippen LogP contribution in [-0.2, 0) is 17.9 Å². The SMILES string of the molecule is CCCCC(CC)C(=O)N(Cc1cccn1Cc1ccccc1)C(C)C. The van der Waals surface area contributed by atoms with Crippen LogP contribution in [0, 0.1) is 5.92 Å². The number of hydrogen-bond donors (Lipinski definition) is 0. The number of aromatic nitrogens is 1. The van der Waals surface area contributed by atoms with Gasteiger partial charge in [0.15, 0.2) is 0 Å². The predicted molar refractivity (Wildman–Crippen MR) is 109 cm³/mol. The first-order valence-electron chi connectivity index (χ1n) is 10.0. The van der Waals surface area contributed by atoms with Crippen LogP contribution < -0.4 is 0 Å². The number of carbonyl (C=O) groups excluding carboxylic acids is 1. The topological polar surface area (TPSA) is 25.2 Å². The molecule has 1 atom stereocenters. The van der Waals surface area contributed by atoms with Crippen molar-refractivity contribution in [2.24, 2.45) is 5.92 Å². The van der Waals surface area contributed by atoms with Crippen molar-refractivity contribution < 1.29 is 4.79 Å². The van der Waals surface area contributed by atoms with Crippen LogP contribution in [-0.4, -0.2) is 21.4 Å². The van der Waals surface area contributed by atoms with Crippen molar-refractivity contribution in [2.75, 3.05) is 0 Å². The Hall–Kier alpha value is -2.03. The van der Waals surface area contributed by atoms with E-state index in [2.05, 4.69) is 79.8 Å². The predicted octanol–water partition coefficient (Wildman–Crippen LogP) is 5.49. The average molecular weight is 355 g/mol. The molecule has 142 valence electrons. The zero-order valence-corrected chi connectivity index (χ0v) is 16.8. The Morgan fingerprint density at radius 1 is 1.08 bits per heavy atom. The number of benzene rings is 1. The number of unbranched alkanes of at least 4 members (excludes halogenated alkanes) is 1. The van der Waals surface area contributed by atoms with Crippen LogP contribution in [0.2, 0.25) is 0 Å². The van der Waals surface area contributed by atoms with Crippen molar-refractivity contribution in [3.05, 3.63) is 59.9 Å². The number of amides is 1. The van der Waals surface area contributed by atoms with Gasteiger partial charge in [-0.15, -0.1) is 0 Å². The molecule has 0 N–H and O–H groups in total. The first kappa shape index (κ1) is 20.3. The molecule has 0 fully saturated rings. The van der Waals surface area contributed by atoms with Crippen LogP contribution >= 0.6 is 0 Å². The van der Waals surface area contributed by atoms with Gasteiger partial charge < -0.3 is 9.47 Å². The maximum absolute atomic E-state index is 13.1. The van der Waals surface area contributed by atoms with E-state index in [1.165, 1.54) is 11.3 Å². The summed E-state index contributed by atoms with van der Waals surface area (Å²) >= 11 is 0. The van der Waals surface area contributed by atoms with E-state index >= 15 is 0 Å². The molecule has 2 rings (SSSR count). The van der Waals surface area contributed by atoms with Gasteiger partial charge in [-0.05, 0) is 44.4 Å². The van der Waals surface area contributed by atoms with Gasteiger partial charge in [0.05, 0.1) is 6.54 Å². The van der Waals surface area contributed by atoms with Crippen molar-refractivity contribution in [2.45, 2.75) is 72.5 Å². The van der Waals surface area contributed by atoms with Gasteiger partial charge in [-0.1, -0.05) is 57.0 Å². The number of hydrogen-bond acceptors (Lipinski definition) is 1. The second-order valence-corrected chi connectivity index (χ2v) is 7.42. The lowest BCUT2D eigenvalue weighted by Gasteiger charge is -2.31. The molecule has 0 saturated carbocycles. The molecule has 1 aromatic heterocycles. The number of carbonyl (C=O) groups is 1. The summed E-state index contributed by atoms with van der Waals surface area (Å²) in [5, 5.41) is 0. The normalized spacial score (nSPS) is 12.3. The first-order chi connectivity index (χ1) is 12.6. The molecular weight excluding hydrogens is 320 g/mol. The molecule has 1 aromatic carbocycles. The zero-order chi connectivity index (χ0) is 18.9. The highest BCUT2D eigenvalue weighted by Crippen LogP contribution is 2.20. The van der Waals surface area contributed by atoms with E-state index < -0.39 is 0 Å². The molecular formula is C23H34N2O. The third kappa shape index (κ3) is 5.48. The Labute approximate surface area is 159 Å². The Balaban J connectivity index is 2.13. The molecule has 0 radical (unpaired) electrons. The molecule has 0 aliphatic heterocycles. The molecule has 1 unspecified atom stereocenters. The fourth-order valence-electron chi connectivity index (χ4n) is 3.40. The summed E-state index contributed by atoms with van der Waals surface area (Å²) < 4.78 is 2.25. The summed E-state index contributed by atoms with van der Waals surface area (Å²) in [5.74, 6) is 0.457. The second kappa shape index (κ2) is 10.2. The highest BCUT2D eigenvalue weighted by Gasteiger charge is 2.25. The van der Waals surface area contributed by atoms with Crippen LogP contribution in [0.5, 0.6) is 0 Å². The summed E-state index contributed by atoms with van der Waals surface area (Å²) in [7, 11) is 0. The van der Waals surface area contributed by atoms with Crippen molar-refractivity contribution in [1.29, 1.82) is 0 Å². The number of rotatable bonds is 10. The maximum Gasteiger partial charge on any atom is 0.226 e. The molecule has 3 heteroatoms.